The van der Waals surface area contributed by atoms with Gasteiger partial charge in [-0.2, -0.15) is 0 Å². The number of benzene rings is 1. The normalized spacial score (nSPS) is 11.7. The Morgan fingerprint density at radius 3 is 2.46 bits per heavy atom. The summed E-state index contributed by atoms with van der Waals surface area (Å²) in [5.41, 5.74) is 4.23. The van der Waals surface area contributed by atoms with E-state index in [9.17, 15) is 13.0 Å². The fourth-order valence-corrected chi connectivity index (χ4v) is 3.09. The Hall–Kier alpha value is -2.51. The number of hydrogen-bond acceptors (Lipinski definition) is 5. The van der Waals surface area contributed by atoms with Crippen molar-refractivity contribution in [1.82, 2.24) is 4.98 Å². The molecule has 136 valence electrons. The van der Waals surface area contributed by atoms with E-state index in [1.165, 1.54) is 11.1 Å². The third kappa shape index (κ3) is 4.56. The molecule has 0 aliphatic rings. The van der Waals surface area contributed by atoms with Gasteiger partial charge in [0.1, 0.15) is 6.54 Å². The SMILES string of the molecule is Cc1ccc(-c2cnc(-c3cc[n+](CCCS(=O)(=O)[O-])cc3)o2)cc1C. The first-order valence-corrected chi connectivity index (χ1v) is 9.86. The second-order valence-corrected chi connectivity index (χ2v) is 7.79. The Morgan fingerprint density at radius 1 is 1.08 bits per heavy atom. The van der Waals surface area contributed by atoms with Crippen LogP contribution in [0, 0.1) is 13.8 Å². The maximum absolute atomic E-state index is 10.6. The zero-order valence-corrected chi connectivity index (χ0v) is 15.5. The molecule has 0 fully saturated rings. The molecule has 0 spiro atoms. The van der Waals surface area contributed by atoms with E-state index >= 15 is 0 Å². The molecular formula is C19H20N2O4S. The highest BCUT2D eigenvalue weighted by Crippen LogP contribution is 2.26. The van der Waals surface area contributed by atoms with Crippen LogP contribution in [0.4, 0.5) is 0 Å². The zero-order chi connectivity index (χ0) is 18.7. The van der Waals surface area contributed by atoms with Crippen molar-refractivity contribution >= 4 is 10.1 Å². The van der Waals surface area contributed by atoms with Gasteiger partial charge in [0.2, 0.25) is 5.89 Å². The molecule has 26 heavy (non-hydrogen) atoms. The van der Waals surface area contributed by atoms with E-state index in [0.717, 1.165) is 11.1 Å². The maximum atomic E-state index is 10.6. The molecule has 0 saturated heterocycles. The smallest absolute Gasteiger partial charge is 0.227 e. The van der Waals surface area contributed by atoms with Gasteiger partial charge >= 0.3 is 0 Å². The molecule has 1 aromatic carbocycles. The Balaban J connectivity index is 1.72. The molecule has 6 nitrogen and oxygen atoms in total. The number of aromatic nitrogens is 2. The lowest BCUT2D eigenvalue weighted by Crippen LogP contribution is -2.33. The van der Waals surface area contributed by atoms with Crippen molar-refractivity contribution in [3.8, 4) is 22.8 Å². The molecule has 0 radical (unpaired) electrons. The second-order valence-electron chi connectivity index (χ2n) is 6.27. The molecule has 2 aromatic heterocycles. The van der Waals surface area contributed by atoms with E-state index in [2.05, 4.69) is 31.0 Å². The fourth-order valence-electron chi connectivity index (χ4n) is 2.61. The van der Waals surface area contributed by atoms with Gasteiger partial charge in [0.15, 0.2) is 18.2 Å². The number of aryl methyl sites for hydroxylation is 3. The first-order valence-electron chi connectivity index (χ1n) is 8.28. The van der Waals surface area contributed by atoms with Crippen LogP contribution in [-0.4, -0.2) is 23.7 Å². The fraction of sp³-hybridized carbons (Fsp3) is 0.263. The van der Waals surface area contributed by atoms with Crippen LogP contribution in [0.15, 0.2) is 53.3 Å². The van der Waals surface area contributed by atoms with Gasteiger partial charge < -0.3 is 8.97 Å². The lowest BCUT2D eigenvalue weighted by molar-refractivity contribution is -0.696. The third-order valence-corrected chi connectivity index (χ3v) is 5.03. The monoisotopic (exact) mass is 372 g/mol. The highest BCUT2D eigenvalue weighted by Gasteiger charge is 2.11. The predicted octanol–water partition coefficient (Wildman–Crippen LogP) is 2.85. The summed E-state index contributed by atoms with van der Waals surface area (Å²) in [6, 6.07) is 9.84. The van der Waals surface area contributed by atoms with Crippen molar-refractivity contribution in [1.29, 1.82) is 0 Å². The molecule has 0 unspecified atom stereocenters. The van der Waals surface area contributed by atoms with Gasteiger partial charge in [-0.15, -0.1) is 0 Å². The van der Waals surface area contributed by atoms with Crippen molar-refractivity contribution in [3.63, 3.8) is 0 Å². The first kappa shape index (κ1) is 18.3. The largest absolute Gasteiger partial charge is 0.748 e. The topological polar surface area (TPSA) is 87.1 Å². The summed E-state index contributed by atoms with van der Waals surface area (Å²) >= 11 is 0. The van der Waals surface area contributed by atoms with Crippen LogP contribution in [0.3, 0.4) is 0 Å². The Morgan fingerprint density at radius 2 is 1.81 bits per heavy atom. The Kier molecular flexibility index (Phi) is 5.20. The lowest BCUT2D eigenvalue weighted by atomic mass is 10.1. The van der Waals surface area contributed by atoms with Crippen molar-refractivity contribution in [2.75, 3.05) is 5.75 Å². The maximum Gasteiger partial charge on any atom is 0.227 e. The van der Waals surface area contributed by atoms with Crippen molar-refractivity contribution in [2.24, 2.45) is 0 Å². The highest BCUT2D eigenvalue weighted by molar-refractivity contribution is 7.85. The molecule has 7 heteroatoms. The summed E-state index contributed by atoms with van der Waals surface area (Å²) in [5.74, 6) is 0.869. The minimum Gasteiger partial charge on any atom is -0.748 e. The molecule has 0 aliphatic carbocycles. The molecule has 3 aromatic rings. The van der Waals surface area contributed by atoms with Gasteiger partial charge in [-0.1, -0.05) is 12.1 Å². The van der Waals surface area contributed by atoms with Gasteiger partial charge in [0.25, 0.3) is 0 Å². The molecular weight excluding hydrogens is 352 g/mol. The van der Waals surface area contributed by atoms with Crippen LogP contribution in [0.2, 0.25) is 0 Å². The number of pyridine rings is 1. The molecule has 0 N–H and O–H groups in total. The Labute approximate surface area is 152 Å². The average Bonchev–Trinajstić information content (AvgIpc) is 3.07. The van der Waals surface area contributed by atoms with E-state index in [-0.39, 0.29) is 12.2 Å². The zero-order valence-electron chi connectivity index (χ0n) is 14.7. The van der Waals surface area contributed by atoms with E-state index in [4.69, 9.17) is 4.42 Å². The van der Waals surface area contributed by atoms with Crippen LogP contribution in [0.1, 0.15) is 17.5 Å². The molecule has 0 aliphatic heterocycles. The van der Waals surface area contributed by atoms with Crippen LogP contribution >= 0.6 is 0 Å². The molecule has 2 heterocycles. The van der Waals surface area contributed by atoms with Gasteiger partial charge in [-0.25, -0.2) is 18.0 Å². The van der Waals surface area contributed by atoms with Crippen molar-refractivity contribution < 1.29 is 22.0 Å². The predicted molar refractivity (Wildman–Crippen MR) is 96.2 cm³/mol. The standard InChI is InChI=1S/C19H20N2O4S/c1-14-4-5-17(12-15(14)2)18-13-20-19(25-18)16-6-9-21(10-7-16)8-3-11-26(22,23)24/h4-7,9-10,12-13H,3,8,11H2,1-2H3. The summed E-state index contributed by atoms with van der Waals surface area (Å²) in [6.45, 7) is 4.59. The number of hydrogen-bond donors (Lipinski definition) is 0. The van der Waals surface area contributed by atoms with Crippen molar-refractivity contribution in [2.45, 2.75) is 26.8 Å². The molecule has 3 rings (SSSR count). The molecule has 0 amide bonds. The lowest BCUT2D eigenvalue weighted by Gasteiger charge is -2.04. The molecule has 0 saturated carbocycles. The molecule has 0 bridgehead atoms. The average molecular weight is 372 g/mol. The van der Waals surface area contributed by atoms with Crippen molar-refractivity contribution in [3.05, 3.63) is 60.0 Å². The summed E-state index contributed by atoms with van der Waals surface area (Å²) in [7, 11) is -4.16. The summed E-state index contributed by atoms with van der Waals surface area (Å²) < 4.78 is 39.6. The van der Waals surface area contributed by atoms with Crippen LogP contribution in [0.5, 0.6) is 0 Å². The first-order chi connectivity index (χ1) is 12.3. The summed E-state index contributed by atoms with van der Waals surface area (Å²) in [5, 5.41) is 0. The summed E-state index contributed by atoms with van der Waals surface area (Å²) in [4.78, 5) is 4.34. The number of oxazole rings is 1. The van der Waals surface area contributed by atoms with Gasteiger partial charge in [0, 0.05) is 35.4 Å². The minimum atomic E-state index is -4.16. The van der Waals surface area contributed by atoms with Crippen LogP contribution < -0.4 is 4.57 Å². The van der Waals surface area contributed by atoms with E-state index in [0.29, 0.717) is 18.2 Å². The number of nitrogens with zero attached hydrogens (tertiary/aromatic N) is 2. The Bertz CT molecular complexity index is 1010. The summed E-state index contributed by atoms with van der Waals surface area (Å²) in [6.07, 6.45) is 5.62. The van der Waals surface area contributed by atoms with Gasteiger partial charge in [0.05, 0.1) is 16.3 Å². The van der Waals surface area contributed by atoms with Crippen LogP contribution in [-0.2, 0) is 16.7 Å². The van der Waals surface area contributed by atoms with E-state index < -0.39 is 10.1 Å². The van der Waals surface area contributed by atoms with Gasteiger partial charge in [-0.3, -0.25) is 0 Å². The third-order valence-electron chi connectivity index (χ3n) is 4.25. The highest BCUT2D eigenvalue weighted by atomic mass is 32.2. The van der Waals surface area contributed by atoms with E-state index in [1.807, 2.05) is 35.2 Å². The second kappa shape index (κ2) is 7.39. The number of rotatable bonds is 6. The minimum absolute atomic E-state index is 0.284. The van der Waals surface area contributed by atoms with Gasteiger partial charge in [-0.05, 0) is 31.0 Å². The van der Waals surface area contributed by atoms with Crippen LogP contribution in [0.25, 0.3) is 22.8 Å². The quantitative estimate of drug-likeness (QED) is 0.490. The van der Waals surface area contributed by atoms with E-state index in [1.54, 1.807) is 6.20 Å². The molecule has 0 atom stereocenters.